The third-order valence-corrected chi connectivity index (χ3v) is 3.86. The molecule has 0 heterocycles. The first-order valence-corrected chi connectivity index (χ1v) is 7.07. The summed E-state index contributed by atoms with van der Waals surface area (Å²) in [5.41, 5.74) is 6.51. The molecule has 0 aliphatic heterocycles. The van der Waals surface area contributed by atoms with Crippen molar-refractivity contribution < 1.29 is 19.4 Å². The first-order valence-electron chi connectivity index (χ1n) is 7.07. The van der Waals surface area contributed by atoms with E-state index in [0.29, 0.717) is 23.5 Å². The van der Waals surface area contributed by atoms with Crippen LogP contribution in [-0.2, 0) is 0 Å². The maximum atomic E-state index is 12.4. The van der Waals surface area contributed by atoms with Crippen molar-refractivity contribution in [3.8, 4) is 11.5 Å². The monoisotopic (exact) mass is 294 g/mol. The summed E-state index contributed by atoms with van der Waals surface area (Å²) in [5.74, 6) is 0.565. The van der Waals surface area contributed by atoms with Crippen molar-refractivity contribution in [2.75, 3.05) is 20.0 Å². The van der Waals surface area contributed by atoms with Gasteiger partial charge in [0.25, 0.3) is 5.91 Å². The minimum atomic E-state index is -0.503. The summed E-state index contributed by atoms with van der Waals surface area (Å²) < 4.78 is 10.3. The number of carbonyl (C=O) groups excluding carboxylic acids is 1. The molecule has 6 heteroatoms. The molecule has 0 saturated heterocycles. The van der Waals surface area contributed by atoms with E-state index < -0.39 is 6.10 Å². The van der Waals surface area contributed by atoms with Crippen LogP contribution in [-0.4, -0.2) is 37.4 Å². The van der Waals surface area contributed by atoms with E-state index in [4.69, 9.17) is 15.2 Å². The van der Waals surface area contributed by atoms with Crippen molar-refractivity contribution in [1.82, 2.24) is 5.32 Å². The molecule has 21 heavy (non-hydrogen) atoms. The van der Waals surface area contributed by atoms with Crippen LogP contribution in [0.25, 0.3) is 0 Å². The average molecular weight is 294 g/mol. The molecule has 4 N–H and O–H groups in total. The van der Waals surface area contributed by atoms with Crippen molar-refractivity contribution in [1.29, 1.82) is 0 Å². The molecule has 0 radical (unpaired) electrons. The number of hydrogen-bond donors (Lipinski definition) is 3. The topological polar surface area (TPSA) is 93.8 Å². The molecule has 2 atom stereocenters. The lowest BCUT2D eigenvalue weighted by Crippen LogP contribution is -2.45. The van der Waals surface area contributed by atoms with Crippen molar-refractivity contribution in [3.63, 3.8) is 0 Å². The fraction of sp³-hybridized carbons (Fsp3) is 0.533. The molecule has 6 nitrogen and oxygen atoms in total. The molecule has 1 aliphatic rings. The smallest absolute Gasteiger partial charge is 0.253 e. The number of nitrogens with two attached hydrogens (primary N) is 1. The van der Waals surface area contributed by atoms with Gasteiger partial charge in [-0.3, -0.25) is 4.79 Å². The Balaban J connectivity index is 2.21. The van der Waals surface area contributed by atoms with Gasteiger partial charge in [0.15, 0.2) is 0 Å². The van der Waals surface area contributed by atoms with Crippen LogP contribution < -0.4 is 20.5 Å². The first kappa shape index (κ1) is 15.4. The van der Waals surface area contributed by atoms with Gasteiger partial charge < -0.3 is 25.6 Å². The summed E-state index contributed by atoms with van der Waals surface area (Å²) in [6.45, 7) is 0. The molecule has 116 valence electrons. The van der Waals surface area contributed by atoms with E-state index in [9.17, 15) is 9.90 Å². The minimum absolute atomic E-state index is 0.233. The van der Waals surface area contributed by atoms with E-state index in [1.165, 1.54) is 14.2 Å². The maximum absolute atomic E-state index is 12.4. The van der Waals surface area contributed by atoms with Crippen LogP contribution in [0.5, 0.6) is 11.5 Å². The third-order valence-electron chi connectivity index (χ3n) is 3.86. The van der Waals surface area contributed by atoms with Gasteiger partial charge in [-0.15, -0.1) is 0 Å². The number of amides is 1. The highest BCUT2D eigenvalue weighted by atomic mass is 16.5. The summed E-state index contributed by atoms with van der Waals surface area (Å²) in [6.07, 6.45) is 2.97. The Morgan fingerprint density at radius 2 is 2.00 bits per heavy atom. The summed E-state index contributed by atoms with van der Waals surface area (Å²) in [7, 11) is 3.00. The lowest BCUT2D eigenvalue weighted by molar-refractivity contribution is 0.0717. The summed E-state index contributed by atoms with van der Waals surface area (Å²) in [4.78, 5) is 12.4. The van der Waals surface area contributed by atoms with Gasteiger partial charge in [0, 0.05) is 6.07 Å². The normalized spacial score (nSPS) is 21.7. The predicted molar refractivity (Wildman–Crippen MR) is 79.7 cm³/mol. The molecule has 1 saturated carbocycles. The molecule has 2 unspecified atom stereocenters. The Kier molecular flexibility index (Phi) is 4.90. The highest BCUT2D eigenvalue weighted by Gasteiger charge is 2.26. The second-order valence-electron chi connectivity index (χ2n) is 5.22. The highest BCUT2D eigenvalue weighted by Crippen LogP contribution is 2.31. The van der Waals surface area contributed by atoms with Gasteiger partial charge in [-0.2, -0.15) is 0 Å². The van der Waals surface area contributed by atoms with Gasteiger partial charge in [-0.25, -0.2) is 0 Å². The molecule has 2 rings (SSSR count). The zero-order valence-corrected chi connectivity index (χ0v) is 12.4. The molecule has 0 aromatic heterocycles. The number of nitrogen functional groups attached to an aromatic ring is 1. The number of aliphatic hydroxyl groups is 1. The second kappa shape index (κ2) is 6.67. The van der Waals surface area contributed by atoms with Crippen molar-refractivity contribution in [3.05, 3.63) is 17.7 Å². The van der Waals surface area contributed by atoms with Crippen LogP contribution >= 0.6 is 0 Å². The lowest BCUT2D eigenvalue weighted by atomic mass is 9.92. The van der Waals surface area contributed by atoms with Crippen LogP contribution in [0.4, 0.5) is 5.69 Å². The number of methoxy groups -OCH3 is 2. The number of benzene rings is 1. The fourth-order valence-electron chi connectivity index (χ4n) is 2.60. The summed E-state index contributed by atoms with van der Waals surface area (Å²) in [5, 5.41) is 12.8. The zero-order chi connectivity index (χ0) is 15.4. The van der Waals surface area contributed by atoms with Gasteiger partial charge in [-0.1, -0.05) is 12.8 Å². The SMILES string of the molecule is COc1cc(OC)c(N)c(C(=O)NC2CCCCC2O)c1. The van der Waals surface area contributed by atoms with Gasteiger partial charge in [-0.05, 0) is 18.9 Å². The van der Waals surface area contributed by atoms with Crippen LogP contribution in [0.2, 0.25) is 0 Å². The van der Waals surface area contributed by atoms with Gasteiger partial charge >= 0.3 is 0 Å². The predicted octanol–water partition coefficient (Wildman–Crippen LogP) is 1.32. The van der Waals surface area contributed by atoms with E-state index in [1.807, 2.05) is 0 Å². The Labute approximate surface area is 124 Å². The number of nitrogens with one attached hydrogen (secondary N) is 1. The number of carbonyl (C=O) groups is 1. The molecule has 1 fully saturated rings. The maximum Gasteiger partial charge on any atom is 0.253 e. The largest absolute Gasteiger partial charge is 0.497 e. The number of hydrogen-bond acceptors (Lipinski definition) is 5. The second-order valence-corrected chi connectivity index (χ2v) is 5.22. The van der Waals surface area contributed by atoms with Gasteiger partial charge in [0.1, 0.15) is 11.5 Å². The third kappa shape index (κ3) is 3.39. The van der Waals surface area contributed by atoms with Crippen LogP contribution in [0.3, 0.4) is 0 Å². The van der Waals surface area contributed by atoms with E-state index in [1.54, 1.807) is 12.1 Å². The minimum Gasteiger partial charge on any atom is -0.497 e. The zero-order valence-electron chi connectivity index (χ0n) is 12.4. The van der Waals surface area contributed by atoms with Crippen LogP contribution in [0.1, 0.15) is 36.0 Å². The Morgan fingerprint density at radius 3 is 2.62 bits per heavy atom. The molecule has 1 aromatic carbocycles. The number of ether oxygens (including phenoxy) is 2. The van der Waals surface area contributed by atoms with E-state index in [2.05, 4.69) is 5.32 Å². The van der Waals surface area contributed by atoms with E-state index in [-0.39, 0.29) is 17.6 Å². The Bertz CT molecular complexity index is 519. The quantitative estimate of drug-likeness (QED) is 0.728. The first-order chi connectivity index (χ1) is 10.1. The molecular formula is C15H22N2O4. The average Bonchev–Trinajstić information content (AvgIpc) is 2.49. The lowest BCUT2D eigenvalue weighted by Gasteiger charge is -2.28. The van der Waals surface area contributed by atoms with Crippen molar-refractivity contribution >= 4 is 11.6 Å². The molecule has 0 bridgehead atoms. The fourth-order valence-corrected chi connectivity index (χ4v) is 2.60. The van der Waals surface area contributed by atoms with Crippen molar-refractivity contribution in [2.24, 2.45) is 0 Å². The number of anilines is 1. The number of rotatable bonds is 4. The molecular weight excluding hydrogens is 272 g/mol. The summed E-state index contributed by atoms with van der Waals surface area (Å²) in [6, 6.07) is 2.96. The Hall–Kier alpha value is -1.95. The van der Waals surface area contributed by atoms with Crippen LogP contribution in [0.15, 0.2) is 12.1 Å². The highest BCUT2D eigenvalue weighted by molar-refractivity contribution is 6.01. The van der Waals surface area contributed by atoms with Gasteiger partial charge in [0.2, 0.25) is 0 Å². The molecule has 1 aliphatic carbocycles. The molecule has 0 spiro atoms. The number of aliphatic hydroxyl groups excluding tert-OH is 1. The van der Waals surface area contributed by atoms with Gasteiger partial charge in [0.05, 0.1) is 37.6 Å². The van der Waals surface area contributed by atoms with E-state index >= 15 is 0 Å². The van der Waals surface area contributed by atoms with E-state index in [0.717, 1.165) is 19.3 Å². The Morgan fingerprint density at radius 1 is 1.29 bits per heavy atom. The van der Waals surface area contributed by atoms with Crippen LogP contribution in [0, 0.1) is 0 Å². The summed E-state index contributed by atoms with van der Waals surface area (Å²) >= 11 is 0. The standard InChI is InChI=1S/C15H22N2O4/c1-20-9-7-10(14(16)13(8-9)21-2)15(19)17-11-5-3-4-6-12(11)18/h7-8,11-12,18H,3-6,16H2,1-2H3,(H,17,19). The molecule has 1 aromatic rings. The molecule has 1 amide bonds. The van der Waals surface area contributed by atoms with Crippen molar-refractivity contribution in [2.45, 2.75) is 37.8 Å².